The lowest BCUT2D eigenvalue weighted by Gasteiger charge is -2.22. The number of carbonyl (C=O) groups excluding carboxylic acids is 1. The molecule has 156 valence electrons. The summed E-state index contributed by atoms with van der Waals surface area (Å²) in [6.45, 7) is 0. The molecule has 1 heterocycles. The van der Waals surface area contributed by atoms with Crippen molar-refractivity contribution in [2.75, 3.05) is 5.73 Å². The Kier molecular flexibility index (Phi) is 5.91. The Labute approximate surface area is 169 Å². The fourth-order valence-corrected chi connectivity index (χ4v) is 2.96. The number of esters is 1. The van der Waals surface area contributed by atoms with Crippen LogP contribution in [-0.2, 0) is 23.0 Å². The summed E-state index contributed by atoms with van der Waals surface area (Å²) in [6, 6.07) is 16.8. The Morgan fingerprint density at radius 3 is 2.23 bits per heavy atom. The maximum Gasteiger partial charge on any atom is 0.490 e. The minimum Gasteiger partial charge on any atom is -0.449 e. The van der Waals surface area contributed by atoms with Crippen molar-refractivity contribution in [3.05, 3.63) is 82.3 Å². The fraction of sp³-hybridized carbons (Fsp3) is 0.190. The fourth-order valence-electron chi connectivity index (χ4n) is 2.96. The molecule has 3 rings (SSSR count). The van der Waals surface area contributed by atoms with Crippen LogP contribution < -0.4 is 11.3 Å². The van der Waals surface area contributed by atoms with Gasteiger partial charge in [-0.3, -0.25) is 9.36 Å². The van der Waals surface area contributed by atoms with E-state index in [1.165, 1.54) is 7.05 Å². The molecule has 0 radical (unpaired) electrons. The topological polar surface area (TPSA) is 87.2 Å². The van der Waals surface area contributed by atoms with E-state index in [0.717, 1.165) is 4.57 Å². The molecule has 0 amide bonds. The van der Waals surface area contributed by atoms with Gasteiger partial charge in [-0.25, -0.2) is 9.78 Å². The Morgan fingerprint density at radius 2 is 1.67 bits per heavy atom. The molecule has 0 fully saturated rings. The molecule has 0 saturated heterocycles. The number of halogens is 3. The van der Waals surface area contributed by atoms with E-state index in [2.05, 4.69) is 4.98 Å². The Bertz CT molecular complexity index is 1100. The Hall–Kier alpha value is -3.62. The molecule has 1 unspecified atom stereocenters. The van der Waals surface area contributed by atoms with Crippen LogP contribution >= 0.6 is 0 Å². The van der Waals surface area contributed by atoms with E-state index in [-0.39, 0.29) is 23.6 Å². The number of rotatable bonds is 5. The smallest absolute Gasteiger partial charge is 0.449 e. The molecule has 1 atom stereocenters. The van der Waals surface area contributed by atoms with Crippen LogP contribution in [0.1, 0.15) is 17.4 Å². The Balaban J connectivity index is 2.19. The summed E-state index contributed by atoms with van der Waals surface area (Å²) in [4.78, 5) is 28.7. The highest BCUT2D eigenvalue weighted by molar-refractivity contribution is 5.76. The number of ether oxygens (including phenoxy) is 1. The lowest BCUT2D eigenvalue weighted by Crippen LogP contribution is -2.31. The van der Waals surface area contributed by atoms with E-state index in [1.54, 1.807) is 60.7 Å². The quantitative estimate of drug-likeness (QED) is 0.643. The molecule has 0 aliphatic rings. The molecule has 6 nitrogen and oxygen atoms in total. The summed E-state index contributed by atoms with van der Waals surface area (Å²) >= 11 is 0. The third kappa shape index (κ3) is 4.51. The van der Waals surface area contributed by atoms with Crippen molar-refractivity contribution in [2.24, 2.45) is 7.05 Å². The highest BCUT2D eigenvalue weighted by Crippen LogP contribution is 2.31. The van der Waals surface area contributed by atoms with Gasteiger partial charge in [0.1, 0.15) is 6.10 Å². The first-order valence-corrected chi connectivity index (χ1v) is 8.92. The molecule has 0 bridgehead atoms. The van der Waals surface area contributed by atoms with Crippen LogP contribution in [0.2, 0.25) is 0 Å². The second-order valence-corrected chi connectivity index (χ2v) is 6.54. The first-order chi connectivity index (χ1) is 14.2. The normalized spacial score (nSPS) is 12.4. The standard InChI is InChI=1S/C21H18F3N3O3/c1-27-18(28)16(14-10-6-3-7-11-14)17(26-20(27)25)15(30-19(29)21(22,23)24)12-13-8-4-2-5-9-13/h2-11,15H,12H2,1H3,(H2,25,26). The number of hydrogen-bond acceptors (Lipinski definition) is 5. The third-order valence-corrected chi connectivity index (χ3v) is 4.47. The van der Waals surface area contributed by atoms with Crippen molar-refractivity contribution in [1.29, 1.82) is 0 Å². The summed E-state index contributed by atoms with van der Waals surface area (Å²) in [5.74, 6) is -2.58. The van der Waals surface area contributed by atoms with Crippen molar-refractivity contribution >= 4 is 11.9 Å². The number of nitrogen functional groups attached to an aromatic ring is 1. The van der Waals surface area contributed by atoms with Gasteiger partial charge in [-0.2, -0.15) is 13.2 Å². The van der Waals surface area contributed by atoms with Crippen LogP contribution in [0, 0.1) is 0 Å². The second kappa shape index (κ2) is 8.40. The number of anilines is 1. The van der Waals surface area contributed by atoms with Crippen LogP contribution in [-0.4, -0.2) is 21.7 Å². The summed E-state index contributed by atoms with van der Waals surface area (Å²) in [6.07, 6.45) is -6.80. The molecule has 0 aliphatic carbocycles. The molecule has 9 heteroatoms. The van der Waals surface area contributed by atoms with Crippen LogP contribution in [0.15, 0.2) is 65.5 Å². The Morgan fingerprint density at radius 1 is 1.10 bits per heavy atom. The number of benzene rings is 2. The lowest BCUT2D eigenvalue weighted by atomic mass is 9.98. The number of hydrogen-bond donors (Lipinski definition) is 1. The number of carbonyl (C=O) groups is 1. The molecule has 3 aromatic rings. The van der Waals surface area contributed by atoms with Crippen molar-refractivity contribution in [1.82, 2.24) is 9.55 Å². The number of alkyl halides is 3. The van der Waals surface area contributed by atoms with Gasteiger partial charge in [-0.1, -0.05) is 60.7 Å². The first-order valence-electron chi connectivity index (χ1n) is 8.92. The van der Waals surface area contributed by atoms with Gasteiger partial charge in [0.2, 0.25) is 5.95 Å². The molecular weight excluding hydrogens is 399 g/mol. The average molecular weight is 417 g/mol. The number of aromatic nitrogens is 2. The van der Waals surface area contributed by atoms with Crippen LogP contribution in [0.5, 0.6) is 0 Å². The molecule has 0 saturated carbocycles. The highest BCUT2D eigenvalue weighted by Gasteiger charge is 2.43. The van der Waals surface area contributed by atoms with Gasteiger partial charge in [0.05, 0.1) is 11.3 Å². The summed E-state index contributed by atoms with van der Waals surface area (Å²) < 4.78 is 44.6. The van der Waals surface area contributed by atoms with Crippen molar-refractivity contribution in [3.63, 3.8) is 0 Å². The molecular formula is C21H18F3N3O3. The number of nitrogens with zero attached hydrogens (tertiary/aromatic N) is 2. The van der Waals surface area contributed by atoms with Gasteiger partial charge in [0.25, 0.3) is 5.56 Å². The third-order valence-electron chi connectivity index (χ3n) is 4.47. The maximum absolute atomic E-state index is 12.9. The molecule has 2 N–H and O–H groups in total. The van der Waals surface area contributed by atoms with E-state index in [4.69, 9.17) is 10.5 Å². The molecule has 1 aromatic heterocycles. The van der Waals surface area contributed by atoms with Crippen molar-refractivity contribution < 1.29 is 22.7 Å². The van der Waals surface area contributed by atoms with E-state index in [1.807, 2.05) is 0 Å². The molecule has 0 aliphatic heterocycles. The first kappa shape index (κ1) is 21.1. The van der Waals surface area contributed by atoms with Crippen LogP contribution in [0.25, 0.3) is 11.1 Å². The SMILES string of the molecule is Cn1c(N)nc(C(Cc2ccccc2)OC(=O)C(F)(F)F)c(-c2ccccc2)c1=O. The van der Waals surface area contributed by atoms with Gasteiger partial charge in [-0.05, 0) is 11.1 Å². The summed E-state index contributed by atoms with van der Waals surface area (Å²) in [5, 5.41) is 0. The average Bonchev–Trinajstić information content (AvgIpc) is 2.72. The molecule has 30 heavy (non-hydrogen) atoms. The largest absolute Gasteiger partial charge is 0.490 e. The number of nitrogens with two attached hydrogens (primary N) is 1. The molecule has 2 aromatic carbocycles. The lowest BCUT2D eigenvalue weighted by molar-refractivity contribution is -0.205. The zero-order valence-corrected chi connectivity index (χ0v) is 15.9. The maximum atomic E-state index is 12.9. The van der Waals surface area contributed by atoms with E-state index < -0.39 is 23.8 Å². The van der Waals surface area contributed by atoms with Crippen LogP contribution in [0.3, 0.4) is 0 Å². The van der Waals surface area contributed by atoms with Gasteiger partial charge in [0, 0.05) is 13.5 Å². The predicted molar refractivity (Wildman–Crippen MR) is 104 cm³/mol. The predicted octanol–water partition coefficient (Wildman–Crippen LogP) is 3.42. The van der Waals surface area contributed by atoms with Crippen molar-refractivity contribution in [3.8, 4) is 11.1 Å². The van der Waals surface area contributed by atoms with E-state index in [0.29, 0.717) is 11.1 Å². The minimum atomic E-state index is -5.20. The zero-order valence-electron chi connectivity index (χ0n) is 15.9. The van der Waals surface area contributed by atoms with Gasteiger partial charge >= 0.3 is 12.1 Å². The van der Waals surface area contributed by atoms with E-state index >= 15 is 0 Å². The van der Waals surface area contributed by atoms with Gasteiger partial charge < -0.3 is 10.5 Å². The van der Waals surface area contributed by atoms with Crippen LogP contribution in [0.4, 0.5) is 19.1 Å². The minimum absolute atomic E-state index is 0.0169. The highest BCUT2D eigenvalue weighted by atomic mass is 19.4. The van der Waals surface area contributed by atoms with Gasteiger partial charge in [0.15, 0.2) is 0 Å². The summed E-state index contributed by atoms with van der Waals surface area (Å²) in [5.41, 5.74) is 6.13. The summed E-state index contributed by atoms with van der Waals surface area (Å²) in [7, 11) is 1.40. The van der Waals surface area contributed by atoms with Gasteiger partial charge in [-0.15, -0.1) is 0 Å². The zero-order chi connectivity index (χ0) is 21.9. The monoisotopic (exact) mass is 417 g/mol. The van der Waals surface area contributed by atoms with E-state index in [9.17, 15) is 22.8 Å². The van der Waals surface area contributed by atoms with Crippen molar-refractivity contribution in [2.45, 2.75) is 18.7 Å². The molecule has 0 spiro atoms. The second-order valence-electron chi connectivity index (χ2n) is 6.54.